The molecule has 2 fully saturated rings. The highest BCUT2D eigenvalue weighted by molar-refractivity contribution is 5.34. The molecule has 138 valence electrons. The topological polar surface area (TPSA) is 27.7 Å². The number of allylic oxidation sites excluding steroid dienone is 1. The Morgan fingerprint density at radius 1 is 1.08 bits per heavy atom. The molecule has 25 heavy (non-hydrogen) atoms. The van der Waals surface area contributed by atoms with Crippen molar-refractivity contribution >= 4 is 0 Å². The highest BCUT2D eigenvalue weighted by atomic mass is 16.5. The maximum absolute atomic E-state index is 5.59. The van der Waals surface area contributed by atoms with Crippen molar-refractivity contribution in [2.75, 3.05) is 52.5 Å². The van der Waals surface area contributed by atoms with Gasteiger partial charge in [0.15, 0.2) is 0 Å². The average Bonchev–Trinajstić information content (AvgIpc) is 2.68. The van der Waals surface area contributed by atoms with Crippen LogP contribution in [-0.4, -0.2) is 67.8 Å². The summed E-state index contributed by atoms with van der Waals surface area (Å²) >= 11 is 0. The molecular formula is C21H33N3O. The van der Waals surface area contributed by atoms with E-state index in [0.29, 0.717) is 6.04 Å². The van der Waals surface area contributed by atoms with Crippen LogP contribution in [0.2, 0.25) is 0 Å². The zero-order chi connectivity index (χ0) is 17.7. The van der Waals surface area contributed by atoms with Crippen molar-refractivity contribution in [3.63, 3.8) is 0 Å². The molecule has 2 heterocycles. The second kappa shape index (κ2) is 8.45. The fraction of sp³-hybridized carbons (Fsp3) is 0.619. The molecule has 0 aromatic heterocycles. The molecule has 4 heteroatoms. The molecule has 0 saturated carbocycles. The molecule has 1 aromatic carbocycles. The quantitative estimate of drug-likeness (QED) is 0.832. The molecule has 1 aromatic rings. The van der Waals surface area contributed by atoms with E-state index in [-0.39, 0.29) is 5.54 Å². The Hall–Kier alpha value is -1.20. The molecule has 0 aliphatic carbocycles. The molecule has 2 aliphatic heterocycles. The third-order valence-electron chi connectivity index (χ3n) is 5.75. The zero-order valence-electron chi connectivity index (χ0n) is 16.0. The van der Waals surface area contributed by atoms with Gasteiger partial charge in [-0.2, -0.15) is 0 Å². The minimum atomic E-state index is 0.0178. The molecule has 2 saturated heterocycles. The first-order valence-corrected chi connectivity index (χ1v) is 9.64. The van der Waals surface area contributed by atoms with E-state index in [2.05, 4.69) is 72.3 Å². The molecule has 1 unspecified atom stereocenters. The lowest BCUT2D eigenvalue weighted by molar-refractivity contribution is -0.00363. The van der Waals surface area contributed by atoms with Gasteiger partial charge in [-0.1, -0.05) is 36.4 Å². The lowest BCUT2D eigenvalue weighted by atomic mass is 9.82. The van der Waals surface area contributed by atoms with Crippen molar-refractivity contribution in [2.24, 2.45) is 0 Å². The van der Waals surface area contributed by atoms with E-state index < -0.39 is 0 Å². The number of hydrogen-bond donors (Lipinski definition) is 1. The average molecular weight is 344 g/mol. The number of rotatable bonds is 5. The van der Waals surface area contributed by atoms with E-state index in [1.807, 2.05) is 0 Å². The predicted molar refractivity (Wildman–Crippen MR) is 104 cm³/mol. The van der Waals surface area contributed by atoms with Crippen molar-refractivity contribution in [2.45, 2.75) is 32.4 Å². The number of piperazine rings is 1. The van der Waals surface area contributed by atoms with E-state index in [1.54, 1.807) is 0 Å². The second-order valence-electron chi connectivity index (χ2n) is 7.50. The summed E-state index contributed by atoms with van der Waals surface area (Å²) in [6.07, 6.45) is 2.36. The van der Waals surface area contributed by atoms with Gasteiger partial charge in [-0.05, 0) is 31.9 Å². The van der Waals surface area contributed by atoms with Crippen molar-refractivity contribution < 1.29 is 4.74 Å². The van der Waals surface area contributed by atoms with E-state index in [4.69, 9.17) is 4.74 Å². The summed E-state index contributed by atoms with van der Waals surface area (Å²) in [7, 11) is 0. The first-order valence-electron chi connectivity index (χ1n) is 9.64. The Morgan fingerprint density at radius 3 is 2.32 bits per heavy atom. The molecular weight excluding hydrogens is 310 g/mol. The van der Waals surface area contributed by atoms with Gasteiger partial charge in [0.2, 0.25) is 0 Å². The number of hydrogen-bond acceptors (Lipinski definition) is 4. The molecule has 0 amide bonds. The molecule has 1 atom stereocenters. The molecule has 0 spiro atoms. The summed E-state index contributed by atoms with van der Waals surface area (Å²) in [5, 5.41) is 3.49. The second-order valence-corrected chi connectivity index (χ2v) is 7.50. The van der Waals surface area contributed by atoms with Crippen molar-refractivity contribution in [1.29, 1.82) is 0 Å². The third kappa shape index (κ3) is 4.14. The van der Waals surface area contributed by atoms with Crippen LogP contribution in [0.5, 0.6) is 0 Å². The highest BCUT2D eigenvalue weighted by Crippen LogP contribution is 2.38. The fourth-order valence-corrected chi connectivity index (χ4v) is 4.31. The molecule has 0 bridgehead atoms. The Balaban J connectivity index is 1.94. The van der Waals surface area contributed by atoms with E-state index >= 15 is 0 Å². The van der Waals surface area contributed by atoms with Crippen LogP contribution in [0.25, 0.3) is 0 Å². The Kier molecular flexibility index (Phi) is 6.29. The number of morpholine rings is 1. The SMILES string of the molecule is C/C=C(/C(c1ccccc1)N1CCNCC1)C(C)(C)N1CCOCC1. The van der Waals surface area contributed by atoms with Crippen LogP contribution in [0.3, 0.4) is 0 Å². The highest BCUT2D eigenvalue weighted by Gasteiger charge is 2.38. The number of ether oxygens (including phenoxy) is 1. The Bertz CT molecular complexity index is 558. The van der Waals surface area contributed by atoms with E-state index in [1.165, 1.54) is 11.1 Å². The predicted octanol–water partition coefficient (Wildman–Crippen LogP) is 2.69. The Labute approximate surface area is 152 Å². The lowest BCUT2D eigenvalue weighted by Gasteiger charge is -2.47. The van der Waals surface area contributed by atoms with Crippen molar-refractivity contribution in [3.05, 3.63) is 47.5 Å². The number of nitrogens with zero attached hydrogens (tertiary/aromatic N) is 2. The first kappa shape index (κ1) is 18.6. The number of nitrogens with one attached hydrogen (secondary N) is 1. The van der Waals surface area contributed by atoms with Crippen LogP contribution >= 0.6 is 0 Å². The van der Waals surface area contributed by atoms with Crippen molar-refractivity contribution in [3.8, 4) is 0 Å². The van der Waals surface area contributed by atoms with Gasteiger partial charge in [-0.25, -0.2) is 0 Å². The summed E-state index contributed by atoms with van der Waals surface area (Å²) in [4.78, 5) is 5.23. The monoisotopic (exact) mass is 343 g/mol. The summed E-state index contributed by atoms with van der Waals surface area (Å²) in [5.74, 6) is 0. The lowest BCUT2D eigenvalue weighted by Crippen LogP contribution is -2.54. The van der Waals surface area contributed by atoms with Crippen LogP contribution in [0.15, 0.2) is 42.0 Å². The first-order chi connectivity index (χ1) is 12.1. The minimum Gasteiger partial charge on any atom is -0.379 e. The van der Waals surface area contributed by atoms with Gasteiger partial charge in [0.25, 0.3) is 0 Å². The minimum absolute atomic E-state index is 0.0178. The van der Waals surface area contributed by atoms with Crippen LogP contribution in [0.4, 0.5) is 0 Å². The maximum Gasteiger partial charge on any atom is 0.0594 e. The van der Waals surface area contributed by atoms with Crippen LogP contribution in [0, 0.1) is 0 Å². The van der Waals surface area contributed by atoms with Gasteiger partial charge in [-0.15, -0.1) is 0 Å². The zero-order valence-corrected chi connectivity index (χ0v) is 16.0. The van der Waals surface area contributed by atoms with Gasteiger partial charge in [0.05, 0.1) is 19.3 Å². The molecule has 1 N–H and O–H groups in total. The maximum atomic E-state index is 5.59. The van der Waals surface area contributed by atoms with E-state index in [9.17, 15) is 0 Å². The third-order valence-corrected chi connectivity index (χ3v) is 5.75. The van der Waals surface area contributed by atoms with Gasteiger partial charge < -0.3 is 10.1 Å². The Morgan fingerprint density at radius 2 is 1.72 bits per heavy atom. The smallest absolute Gasteiger partial charge is 0.0594 e. The van der Waals surface area contributed by atoms with Crippen LogP contribution in [0.1, 0.15) is 32.4 Å². The van der Waals surface area contributed by atoms with Gasteiger partial charge in [0, 0.05) is 44.8 Å². The summed E-state index contributed by atoms with van der Waals surface area (Å²) < 4.78 is 5.59. The standard InChI is InChI=1S/C21H33N3O/c1-4-19(21(2,3)24-14-16-25-17-15-24)20(18-8-6-5-7-9-18)23-12-10-22-11-13-23/h4-9,20,22H,10-17H2,1-3H3/b19-4-. The fourth-order valence-electron chi connectivity index (χ4n) is 4.31. The normalized spacial score (nSPS) is 22.8. The molecule has 2 aliphatic rings. The van der Waals surface area contributed by atoms with Gasteiger partial charge in [-0.3, -0.25) is 9.80 Å². The van der Waals surface area contributed by atoms with Crippen LogP contribution < -0.4 is 5.32 Å². The van der Waals surface area contributed by atoms with Gasteiger partial charge >= 0.3 is 0 Å². The molecule has 4 nitrogen and oxygen atoms in total. The molecule has 0 radical (unpaired) electrons. The summed E-state index contributed by atoms with van der Waals surface area (Å²) in [6, 6.07) is 11.3. The van der Waals surface area contributed by atoms with Crippen LogP contribution in [-0.2, 0) is 4.74 Å². The van der Waals surface area contributed by atoms with Crippen molar-refractivity contribution in [1.82, 2.24) is 15.1 Å². The summed E-state index contributed by atoms with van der Waals surface area (Å²) in [5.41, 5.74) is 2.92. The molecule has 3 rings (SSSR count). The summed E-state index contributed by atoms with van der Waals surface area (Å²) in [6.45, 7) is 15.0. The van der Waals surface area contributed by atoms with Gasteiger partial charge in [0.1, 0.15) is 0 Å². The van der Waals surface area contributed by atoms with E-state index in [0.717, 1.165) is 52.5 Å². The number of benzene rings is 1. The largest absolute Gasteiger partial charge is 0.379 e.